The van der Waals surface area contributed by atoms with Crippen LogP contribution in [0.25, 0.3) is 0 Å². The summed E-state index contributed by atoms with van der Waals surface area (Å²) in [6.07, 6.45) is 1.71. The molecule has 0 radical (unpaired) electrons. The Morgan fingerprint density at radius 1 is 1.27 bits per heavy atom. The Morgan fingerprint density at radius 3 is 2.36 bits per heavy atom. The lowest BCUT2D eigenvalue weighted by atomic mass is 10.2. The SMILES string of the molecule is COCCN(c1ccc(C(=O)O)cc1)S(=O)(=O)N1CCCC1. The van der Waals surface area contributed by atoms with Gasteiger partial charge >= 0.3 is 16.2 Å². The number of anilines is 1. The minimum absolute atomic E-state index is 0.119. The lowest BCUT2D eigenvalue weighted by Gasteiger charge is -2.28. The normalized spacial score (nSPS) is 15.9. The van der Waals surface area contributed by atoms with Gasteiger partial charge in [-0.15, -0.1) is 0 Å². The number of benzene rings is 1. The molecule has 1 saturated heterocycles. The van der Waals surface area contributed by atoms with E-state index in [9.17, 15) is 13.2 Å². The van der Waals surface area contributed by atoms with E-state index >= 15 is 0 Å². The van der Waals surface area contributed by atoms with Crippen molar-refractivity contribution in [1.82, 2.24) is 4.31 Å². The average molecular weight is 328 g/mol. The van der Waals surface area contributed by atoms with Crippen LogP contribution in [0.5, 0.6) is 0 Å². The van der Waals surface area contributed by atoms with Crippen molar-refractivity contribution < 1.29 is 23.1 Å². The van der Waals surface area contributed by atoms with E-state index in [0.717, 1.165) is 12.8 Å². The molecule has 0 atom stereocenters. The number of methoxy groups -OCH3 is 1. The Morgan fingerprint density at radius 2 is 1.86 bits per heavy atom. The first kappa shape index (κ1) is 16.7. The number of ether oxygens (including phenoxy) is 1. The second-order valence-corrected chi connectivity index (χ2v) is 6.88. The Hall–Kier alpha value is -1.64. The fourth-order valence-corrected chi connectivity index (χ4v) is 4.07. The maximum absolute atomic E-state index is 12.7. The van der Waals surface area contributed by atoms with E-state index in [-0.39, 0.29) is 18.7 Å². The van der Waals surface area contributed by atoms with E-state index in [4.69, 9.17) is 9.84 Å². The van der Waals surface area contributed by atoms with Crippen molar-refractivity contribution in [2.75, 3.05) is 37.7 Å². The summed E-state index contributed by atoms with van der Waals surface area (Å²) in [4.78, 5) is 10.9. The predicted molar refractivity (Wildman–Crippen MR) is 82.4 cm³/mol. The average Bonchev–Trinajstić information content (AvgIpc) is 3.03. The summed E-state index contributed by atoms with van der Waals surface area (Å²) in [5.74, 6) is -1.04. The van der Waals surface area contributed by atoms with Crippen molar-refractivity contribution >= 4 is 21.9 Å². The van der Waals surface area contributed by atoms with Gasteiger partial charge < -0.3 is 9.84 Å². The topological polar surface area (TPSA) is 87.1 Å². The van der Waals surface area contributed by atoms with Gasteiger partial charge in [-0.2, -0.15) is 12.7 Å². The molecular formula is C14H20N2O5S. The zero-order chi connectivity index (χ0) is 16.2. The highest BCUT2D eigenvalue weighted by molar-refractivity contribution is 7.90. The van der Waals surface area contributed by atoms with Gasteiger partial charge in [-0.25, -0.2) is 4.79 Å². The third kappa shape index (κ3) is 3.57. The number of carbonyl (C=O) groups is 1. The maximum atomic E-state index is 12.7. The highest BCUT2D eigenvalue weighted by atomic mass is 32.2. The molecule has 0 bridgehead atoms. The molecule has 1 N–H and O–H groups in total. The lowest BCUT2D eigenvalue weighted by molar-refractivity contribution is 0.0697. The second kappa shape index (κ2) is 7.08. The molecule has 1 aromatic rings. The van der Waals surface area contributed by atoms with E-state index in [2.05, 4.69) is 0 Å². The van der Waals surface area contributed by atoms with Crippen LogP contribution in [0.1, 0.15) is 23.2 Å². The first-order chi connectivity index (χ1) is 10.5. The summed E-state index contributed by atoms with van der Waals surface area (Å²) < 4.78 is 33.2. The van der Waals surface area contributed by atoms with E-state index in [0.29, 0.717) is 18.8 Å². The van der Waals surface area contributed by atoms with Crippen molar-refractivity contribution in [2.24, 2.45) is 0 Å². The first-order valence-corrected chi connectivity index (χ1v) is 8.46. The van der Waals surface area contributed by atoms with E-state index < -0.39 is 16.2 Å². The van der Waals surface area contributed by atoms with Crippen molar-refractivity contribution in [3.8, 4) is 0 Å². The number of carboxylic acid groups (broad SMARTS) is 1. The lowest BCUT2D eigenvalue weighted by Crippen LogP contribution is -2.44. The molecule has 0 amide bonds. The summed E-state index contributed by atoms with van der Waals surface area (Å²) >= 11 is 0. The minimum Gasteiger partial charge on any atom is -0.478 e. The van der Waals surface area contributed by atoms with E-state index in [1.165, 1.54) is 40.0 Å². The van der Waals surface area contributed by atoms with Gasteiger partial charge in [0.1, 0.15) is 0 Å². The van der Waals surface area contributed by atoms with Crippen LogP contribution in [0.4, 0.5) is 5.69 Å². The molecule has 7 nitrogen and oxygen atoms in total. The van der Waals surface area contributed by atoms with Crippen molar-refractivity contribution in [3.05, 3.63) is 29.8 Å². The molecule has 1 aliphatic rings. The van der Waals surface area contributed by atoms with Gasteiger partial charge in [-0.1, -0.05) is 0 Å². The Bertz CT molecular complexity index is 609. The molecule has 0 saturated carbocycles. The number of hydrogen-bond donors (Lipinski definition) is 1. The molecule has 1 fully saturated rings. The summed E-state index contributed by atoms with van der Waals surface area (Å²) in [5, 5.41) is 8.93. The van der Waals surface area contributed by atoms with Crippen LogP contribution in [0.2, 0.25) is 0 Å². The largest absolute Gasteiger partial charge is 0.478 e. The first-order valence-electron chi connectivity index (χ1n) is 7.07. The second-order valence-electron chi connectivity index (χ2n) is 5.03. The Labute approximate surface area is 130 Å². The zero-order valence-electron chi connectivity index (χ0n) is 12.4. The van der Waals surface area contributed by atoms with Crippen LogP contribution in [0, 0.1) is 0 Å². The van der Waals surface area contributed by atoms with Crippen LogP contribution in [0.3, 0.4) is 0 Å². The third-order valence-corrected chi connectivity index (χ3v) is 5.54. The number of hydrogen-bond acceptors (Lipinski definition) is 4. The van der Waals surface area contributed by atoms with Gasteiger partial charge in [0.15, 0.2) is 0 Å². The fourth-order valence-electron chi connectivity index (χ4n) is 2.38. The van der Waals surface area contributed by atoms with E-state index in [1.54, 1.807) is 0 Å². The standard InChI is InChI=1S/C14H20N2O5S/c1-21-11-10-16(22(19,20)15-8-2-3-9-15)13-6-4-12(5-7-13)14(17)18/h4-7H,2-3,8-11H2,1H3,(H,17,18). The molecule has 0 aliphatic carbocycles. The quantitative estimate of drug-likeness (QED) is 0.812. The molecule has 122 valence electrons. The maximum Gasteiger partial charge on any atom is 0.335 e. The predicted octanol–water partition coefficient (Wildman–Crippen LogP) is 1.18. The van der Waals surface area contributed by atoms with Crippen LogP contribution >= 0.6 is 0 Å². The minimum atomic E-state index is -3.62. The molecule has 0 unspecified atom stereocenters. The number of nitrogens with zero attached hydrogens (tertiary/aromatic N) is 2. The van der Waals surface area contributed by atoms with Gasteiger partial charge in [0, 0.05) is 20.2 Å². The fraction of sp³-hybridized carbons (Fsp3) is 0.500. The highest BCUT2D eigenvalue weighted by Crippen LogP contribution is 2.23. The van der Waals surface area contributed by atoms with Gasteiger partial charge in [-0.3, -0.25) is 4.31 Å². The summed E-state index contributed by atoms with van der Waals surface area (Å²) in [6, 6.07) is 5.81. The van der Waals surface area contributed by atoms with Gasteiger partial charge in [0.25, 0.3) is 0 Å². The van der Waals surface area contributed by atoms with Crippen LogP contribution in [0.15, 0.2) is 24.3 Å². The molecule has 22 heavy (non-hydrogen) atoms. The molecule has 0 spiro atoms. The molecule has 0 aromatic heterocycles. The zero-order valence-corrected chi connectivity index (χ0v) is 13.3. The highest BCUT2D eigenvalue weighted by Gasteiger charge is 2.31. The monoisotopic (exact) mass is 328 g/mol. The molecule has 2 rings (SSSR count). The Kier molecular flexibility index (Phi) is 5.38. The number of carboxylic acids is 1. The van der Waals surface area contributed by atoms with Crippen molar-refractivity contribution in [3.63, 3.8) is 0 Å². The van der Waals surface area contributed by atoms with Crippen LogP contribution < -0.4 is 4.31 Å². The number of rotatable bonds is 7. The smallest absolute Gasteiger partial charge is 0.335 e. The summed E-state index contributed by atoms with van der Waals surface area (Å²) in [5.41, 5.74) is 0.558. The molecule has 1 aromatic carbocycles. The summed E-state index contributed by atoms with van der Waals surface area (Å²) in [7, 11) is -2.11. The van der Waals surface area contributed by atoms with E-state index in [1.807, 2.05) is 0 Å². The number of aromatic carboxylic acids is 1. The summed E-state index contributed by atoms with van der Waals surface area (Å²) in [6.45, 7) is 1.47. The molecule has 1 aliphatic heterocycles. The van der Waals surface area contributed by atoms with Crippen LogP contribution in [-0.4, -0.2) is 57.1 Å². The molecular weight excluding hydrogens is 308 g/mol. The molecule has 8 heteroatoms. The molecule has 1 heterocycles. The van der Waals surface area contributed by atoms with Crippen molar-refractivity contribution in [1.29, 1.82) is 0 Å². The van der Waals surface area contributed by atoms with Gasteiger partial charge in [0.2, 0.25) is 0 Å². The van der Waals surface area contributed by atoms with Gasteiger partial charge in [0.05, 0.1) is 24.4 Å². The van der Waals surface area contributed by atoms with Gasteiger partial charge in [-0.05, 0) is 37.1 Å². The Balaban J connectivity index is 2.30. The third-order valence-electron chi connectivity index (χ3n) is 3.57. The van der Waals surface area contributed by atoms with Crippen LogP contribution in [-0.2, 0) is 14.9 Å². The van der Waals surface area contributed by atoms with Crippen molar-refractivity contribution in [2.45, 2.75) is 12.8 Å².